The molecule has 124 valence electrons. The molecular formula is C20H20O4. The minimum atomic E-state index is -0.910. The average molecular weight is 324 g/mol. The van der Waals surface area contributed by atoms with Crippen LogP contribution in [0, 0.1) is 0 Å². The molecule has 0 aliphatic rings. The Hall–Kier alpha value is -2.85. The second-order valence-electron chi connectivity index (χ2n) is 5.63. The lowest BCUT2D eigenvalue weighted by atomic mass is 9.97. The summed E-state index contributed by atoms with van der Waals surface area (Å²) in [7, 11) is 0. The van der Waals surface area contributed by atoms with Gasteiger partial charge in [-0.2, -0.15) is 0 Å². The first-order chi connectivity index (χ1) is 11.4. The second-order valence-corrected chi connectivity index (χ2v) is 5.63. The van der Waals surface area contributed by atoms with Gasteiger partial charge in [0.25, 0.3) is 0 Å². The molecule has 2 aromatic rings. The normalized spacial score (nSPS) is 12.2. The third kappa shape index (κ3) is 4.12. The number of ketones is 1. The van der Waals surface area contributed by atoms with Crippen molar-refractivity contribution in [1.29, 1.82) is 0 Å². The quantitative estimate of drug-likeness (QED) is 0.432. The van der Waals surface area contributed by atoms with Crippen LogP contribution in [0.1, 0.15) is 28.4 Å². The topological polar surface area (TPSA) is 77.8 Å². The van der Waals surface area contributed by atoms with E-state index in [0.717, 1.165) is 5.56 Å². The second kappa shape index (κ2) is 7.62. The number of hydrogen-bond donors (Lipinski definition) is 3. The van der Waals surface area contributed by atoms with Crippen molar-refractivity contribution in [2.24, 2.45) is 0 Å². The number of aliphatic hydroxyl groups is 1. The standard InChI is InChI=1S/C20H20O4/c1-13(2)19(23)12-16-18(22)11-9-15(20(16)24)17(21)10-8-14-6-4-3-5-7-14/h3-11,19,22-24H,1,12H2,2H3/b10-8+/t19-/m1/s1. The molecular weight excluding hydrogens is 304 g/mol. The van der Waals surface area contributed by atoms with Gasteiger partial charge < -0.3 is 15.3 Å². The van der Waals surface area contributed by atoms with Crippen LogP contribution in [0.3, 0.4) is 0 Å². The Labute approximate surface area is 141 Å². The van der Waals surface area contributed by atoms with Crippen LogP contribution in [-0.4, -0.2) is 27.2 Å². The molecule has 2 rings (SSSR count). The Balaban J connectivity index is 2.29. The molecule has 4 nitrogen and oxygen atoms in total. The molecule has 0 amide bonds. The van der Waals surface area contributed by atoms with E-state index in [2.05, 4.69) is 6.58 Å². The summed E-state index contributed by atoms with van der Waals surface area (Å²) in [6.07, 6.45) is 2.08. The molecule has 0 aliphatic heterocycles. The van der Waals surface area contributed by atoms with Crippen LogP contribution in [0.25, 0.3) is 6.08 Å². The van der Waals surface area contributed by atoms with E-state index < -0.39 is 6.10 Å². The fourth-order valence-electron chi connectivity index (χ4n) is 2.22. The Kier molecular flexibility index (Phi) is 5.55. The fraction of sp³-hybridized carbons (Fsp3) is 0.150. The van der Waals surface area contributed by atoms with Crippen LogP contribution in [0.4, 0.5) is 0 Å². The zero-order valence-corrected chi connectivity index (χ0v) is 13.4. The van der Waals surface area contributed by atoms with Crippen LogP contribution in [-0.2, 0) is 6.42 Å². The van der Waals surface area contributed by atoms with Gasteiger partial charge in [0.05, 0.1) is 11.7 Å². The van der Waals surface area contributed by atoms with Gasteiger partial charge in [-0.15, -0.1) is 0 Å². The maximum Gasteiger partial charge on any atom is 0.189 e. The lowest BCUT2D eigenvalue weighted by Crippen LogP contribution is -2.12. The number of phenolic OH excluding ortho intramolecular Hbond substituents is 2. The van der Waals surface area contributed by atoms with Crippen molar-refractivity contribution >= 4 is 11.9 Å². The smallest absolute Gasteiger partial charge is 0.189 e. The summed E-state index contributed by atoms with van der Waals surface area (Å²) < 4.78 is 0. The van der Waals surface area contributed by atoms with Crippen molar-refractivity contribution < 1.29 is 20.1 Å². The summed E-state index contributed by atoms with van der Waals surface area (Å²) in [5.74, 6) is -0.878. The first-order valence-electron chi connectivity index (χ1n) is 7.55. The number of carbonyl (C=O) groups is 1. The van der Waals surface area contributed by atoms with Crippen molar-refractivity contribution in [3.8, 4) is 11.5 Å². The van der Waals surface area contributed by atoms with E-state index in [0.29, 0.717) is 5.57 Å². The Morgan fingerprint density at radius 2 is 1.83 bits per heavy atom. The summed E-state index contributed by atoms with van der Waals surface area (Å²) >= 11 is 0. The number of benzene rings is 2. The maximum atomic E-state index is 12.3. The predicted molar refractivity (Wildman–Crippen MR) is 94.1 cm³/mol. The molecule has 0 radical (unpaired) electrons. The molecule has 0 aromatic heterocycles. The molecule has 0 saturated carbocycles. The minimum Gasteiger partial charge on any atom is -0.508 e. The third-order valence-electron chi connectivity index (χ3n) is 3.72. The lowest BCUT2D eigenvalue weighted by molar-refractivity contribution is 0.104. The van der Waals surface area contributed by atoms with Gasteiger partial charge >= 0.3 is 0 Å². The number of hydrogen-bond acceptors (Lipinski definition) is 4. The summed E-state index contributed by atoms with van der Waals surface area (Å²) in [5, 5.41) is 30.1. The predicted octanol–water partition coefficient (Wildman–Crippen LogP) is 3.47. The highest BCUT2D eigenvalue weighted by Gasteiger charge is 2.19. The highest BCUT2D eigenvalue weighted by atomic mass is 16.3. The van der Waals surface area contributed by atoms with Gasteiger partial charge in [-0.1, -0.05) is 48.6 Å². The summed E-state index contributed by atoms with van der Waals surface area (Å²) in [6.45, 7) is 5.29. The van der Waals surface area contributed by atoms with E-state index >= 15 is 0 Å². The maximum absolute atomic E-state index is 12.3. The fourth-order valence-corrected chi connectivity index (χ4v) is 2.22. The number of aliphatic hydroxyl groups excluding tert-OH is 1. The van der Waals surface area contributed by atoms with E-state index in [9.17, 15) is 20.1 Å². The molecule has 0 unspecified atom stereocenters. The van der Waals surface area contributed by atoms with E-state index in [1.165, 1.54) is 18.2 Å². The minimum absolute atomic E-state index is 0.0173. The monoisotopic (exact) mass is 324 g/mol. The van der Waals surface area contributed by atoms with Gasteiger partial charge in [-0.25, -0.2) is 0 Å². The molecule has 0 spiro atoms. The molecule has 3 N–H and O–H groups in total. The summed E-state index contributed by atoms with van der Waals surface area (Å²) in [5.41, 5.74) is 1.57. The van der Waals surface area contributed by atoms with E-state index in [1.54, 1.807) is 13.0 Å². The van der Waals surface area contributed by atoms with Crippen molar-refractivity contribution in [2.75, 3.05) is 0 Å². The molecule has 2 aromatic carbocycles. The van der Waals surface area contributed by atoms with Gasteiger partial charge in [-0.3, -0.25) is 4.79 Å². The zero-order valence-electron chi connectivity index (χ0n) is 13.4. The molecule has 0 bridgehead atoms. The SMILES string of the molecule is C=C(C)[C@H](O)Cc1c(O)ccc(C(=O)/C=C/c2ccccc2)c1O. The number of carbonyl (C=O) groups excluding carboxylic acids is 1. The van der Waals surface area contributed by atoms with Gasteiger partial charge in [0.15, 0.2) is 5.78 Å². The van der Waals surface area contributed by atoms with Crippen LogP contribution in [0.2, 0.25) is 0 Å². The van der Waals surface area contributed by atoms with Crippen LogP contribution in [0.15, 0.2) is 60.7 Å². The average Bonchev–Trinajstić information content (AvgIpc) is 2.57. The lowest BCUT2D eigenvalue weighted by Gasteiger charge is -2.14. The number of rotatable bonds is 6. The summed E-state index contributed by atoms with van der Waals surface area (Å²) in [4.78, 5) is 12.3. The molecule has 24 heavy (non-hydrogen) atoms. The Morgan fingerprint density at radius 1 is 1.17 bits per heavy atom. The van der Waals surface area contributed by atoms with Gasteiger partial charge in [0.1, 0.15) is 11.5 Å². The Morgan fingerprint density at radius 3 is 2.46 bits per heavy atom. The molecule has 0 fully saturated rings. The zero-order chi connectivity index (χ0) is 17.7. The molecule has 0 aliphatic carbocycles. The number of aromatic hydroxyl groups is 2. The summed E-state index contributed by atoms with van der Waals surface area (Å²) in [6, 6.07) is 12.0. The van der Waals surface area contributed by atoms with Gasteiger partial charge in [0, 0.05) is 12.0 Å². The van der Waals surface area contributed by atoms with Crippen molar-refractivity contribution in [3.63, 3.8) is 0 Å². The highest BCUT2D eigenvalue weighted by Crippen LogP contribution is 2.33. The van der Waals surface area contributed by atoms with Crippen LogP contribution >= 0.6 is 0 Å². The Bertz CT molecular complexity index is 776. The highest BCUT2D eigenvalue weighted by molar-refractivity contribution is 6.09. The van der Waals surface area contributed by atoms with Gasteiger partial charge in [0.2, 0.25) is 0 Å². The first kappa shape index (κ1) is 17.5. The van der Waals surface area contributed by atoms with Crippen LogP contribution < -0.4 is 0 Å². The van der Waals surface area contributed by atoms with Crippen molar-refractivity contribution in [3.05, 3.63) is 77.4 Å². The van der Waals surface area contributed by atoms with Gasteiger partial charge in [-0.05, 0) is 30.7 Å². The van der Waals surface area contributed by atoms with E-state index in [-0.39, 0.29) is 34.8 Å². The van der Waals surface area contributed by atoms with Crippen LogP contribution in [0.5, 0.6) is 11.5 Å². The first-order valence-corrected chi connectivity index (χ1v) is 7.55. The van der Waals surface area contributed by atoms with E-state index in [4.69, 9.17) is 0 Å². The number of allylic oxidation sites excluding steroid dienone is 1. The third-order valence-corrected chi connectivity index (χ3v) is 3.72. The molecule has 0 saturated heterocycles. The van der Waals surface area contributed by atoms with Crippen molar-refractivity contribution in [1.82, 2.24) is 0 Å². The molecule has 0 heterocycles. The number of phenols is 2. The van der Waals surface area contributed by atoms with E-state index in [1.807, 2.05) is 30.3 Å². The van der Waals surface area contributed by atoms with Crippen molar-refractivity contribution in [2.45, 2.75) is 19.4 Å². The molecule has 4 heteroatoms. The molecule has 1 atom stereocenters. The largest absolute Gasteiger partial charge is 0.508 e.